The van der Waals surface area contributed by atoms with E-state index in [4.69, 9.17) is 9.88 Å². The van der Waals surface area contributed by atoms with E-state index < -0.39 is 14.8 Å². The number of hydrogen-bond donors (Lipinski definition) is 1. The van der Waals surface area contributed by atoms with Crippen LogP contribution in [-0.2, 0) is 21.4 Å². The van der Waals surface area contributed by atoms with Crippen LogP contribution >= 0.6 is 0 Å². The normalized spacial score (nSPS) is 17.9. The highest BCUT2D eigenvalue weighted by molar-refractivity contribution is 7.90. The van der Waals surface area contributed by atoms with Crippen LogP contribution in [0.4, 0.5) is 0 Å². The maximum absolute atomic E-state index is 11.3. The lowest BCUT2D eigenvalue weighted by molar-refractivity contribution is 0.116. The monoisotopic (exact) mass is 255 g/mol. The van der Waals surface area contributed by atoms with E-state index in [-0.39, 0.29) is 0 Å². The predicted molar refractivity (Wildman–Crippen MR) is 65.8 cm³/mol. The summed E-state index contributed by atoms with van der Waals surface area (Å²) in [4.78, 5) is 0. The molecule has 0 aromatic heterocycles. The SMILES string of the molecule is NS(=O)(=O)C1(CCOCc2ccccc2)CC1. The van der Waals surface area contributed by atoms with Gasteiger partial charge in [0.1, 0.15) is 0 Å². The van der Waals surface area contributed by atoms with Gasteiger partial charge < -0.3 is 4.74 Å². The van der Waals surface area contributed by atoms with E-state index in [2.05, 4.69) is 0 Å². The van der Waals surface area contributed by atoms with Crippen LogP contribution in [0.5, 0.6) is 0 Å². The Labute approximate surface area is 102 Å². The molecule has 2 N–H and O–H groups in total. The molecule has 5 heteroatoms. The van der Waals surface area contributed by atoms with E-state index in [1.807, 2.05) is 30.3 Å². The molecule has 1 aliphatic rings. The lowest BCUT2D eigenvalue weighted by Gasteiger charge is -2.12. The first-order valence-electron chi connectivity index (χ1n) is 5.68. The van der Waals surface area contributed by atoms with Gasteiger partial charge in [0.15, 0.2) is 0 Å². The Hall–Kier alpha value is -0.910. The molecule has 0 bridgehead atoms. The van der Waals surface area contributed by atoms with E-state index in [1.165, 1.54) is 0 Å². The Kier molecular flexibility index (Phi) is 3.51. The minimum atomic E-state index is -3.42. The molecule has 1 aromatic carbocycles. The maximum atomic E-state index is 11.3. The van der Waals surface area contributed by atoms with Crippen molar-refractivity contribution in [3.8, 4) is 0 Å². The average molecular weight is 255 g/mol. The van der Waals surface area contributed by atoms with Crippen LogP contribution in [0.25, 0.3) is 0 Å². The van der Waals surface area contributed by atoms with Gasteiger partial charge in [0, 0.05) is 6.61 Å². The smallest absolute Gasteiger partial charge is 0.214 e. The lowest BCUT2D eigenvalue weighted by Crippen LogP contribution is -2.31. The first-order chi connectivity index (χ1) is 8.04. The van der Waals surface area contributed by atoms with Gasteiger partial charge in [0.25, 0.3) is 0 Å². The Bertz CT molecular complexity index is 466. The molecule has 1 aliphatic carbocycles. The zero-order chi connectivity index (χ0) is 12.4. The highest BCUT2D eigenvalue weighted by Gasteiger charge is 2.52. The number of rotatable bonds is 6. The van der Waals surface area contributed by atoms with Crippen molar-refractivity contribution in [2.75, 3.05) is 6.61 Å². The lowest BCUT2D eigenvalue weighted by atomic mass is 10.2. The molecular weight excluding hydrogens is 238 g/mol. The van der Waals surface area contributed by atoms with Crippen molar-refractivity contribution in [2.45, 2.75) is 30.6 Å². The van der Waals surface area contributed by atoms with Crippen molar-refractivity contribution in [2.24, 2.45) is 5.14 Å². The minimum absolute atomic E-state index is 0.436. The first kappa shape index (κ1) is 12.5. The van der Waals surface area contributed by atoms with Crippen LogP contribution in [0.2, 0.25) is 0 Å². The summed E-state index contributed by atoms with van der Waals surface area (Å²) in [5.74, 6) is 0. The van der Waals surface area contributed by atoms with Crippen LogP contribution < -0.4 is 5.14 Å². The summed E-state index contributed by atoms with van der Waals surface area (Å²) in [6, 6.07) is 9.81. The second-order valence-electron chi connectivity index (χ2n) is 4.52. The maximum Gasteiger partial charge on any atom is 0.214 e. The standard InChI is InChI=1S/C12H17NO3S/c13-17(14,15)12(6-7-12)8-9-16-10-11-4-2-1-3-5-11/h1-5H,6-10H2,(H2,13,14,15). The van der Waals surface area contributed by atoms with E-state index in [0.29, 0.717) is 32.5 Å². The third kappa shape index (κ3) is 3.06. The van der Waals surface area contributed by atoms with Crippen LogP contribution in [0.1, 0.15) is 24.8 Å². The molecule has 1 aromatic rings. The van der Waals surface area contributed by atoms with E-state index in [1.54, 1.807) is 0 Å². The van der Waals surface area contributed by atoms with Gasteiger partial charge in [-0.1, -0.05) is 30.3 Å². The summed E-state index contributed by atoms with van der Waals surface area (Å²) in [6.07, 6.45) is 1.83. The third-order valence-electron chi connectivity index (χ3n) is 3.22. The summed E-state index contributed by atoms with van der Waals surface area (Å²) in [5.41, 5.74) is 1.09. The minimum Gasteiger partial charge on any atom is -0.377 e. The van der Waals surface area contributed by atoms with Gasteiger partial charge in [-0.2, -0.15) is 0 Å². The molecule has 4 nitrogen and oxygen atoms in total. The molecular formula is C12H17NO3S. The number of nitrogens with two attached hydrogens (primary N) is 1. The van der Waals surface area contributed by atoms with Gasteiger partial charge in [-0.05, 0) is 24.8 Å². The molecule has 0 amide bonds. The van der Waals surface area contributed by atoms with E-state index >= 15 is 0 Å². The Morgan fingerprint density at radius 2 is 1.88 bits per heavy atom. The van der Waals surface area contributed by atoms with Crippen molar-refractivity contribution in [3.05, 3.63) is 35.9 Å². The number of benzene rings is 1. The molecule has 0 heterocycles. The second-order valence-corrected chi connectivity index (χ2v) is 6.47. The van der Waals surface area contributed by atoms with Gasteiger partial charge in [-0.25, -0.2) is 13.6 Å². The van der Waals surface area contributed by atoms with Gasteiger partial charge >= 0.3 is 0 Å². The van der Waals surface area contributed by atoms with Crippen molar-refractivity contribution in [1.82, 2.24) is 0 Å². The topological polar surface area (TPSA) is 69.4 Å². The van der Waals surface area contributed by atoms with Crippen molar-refractivity contribution in [3.63, 3.8) is 0 Å². The molecule has 94 valence electrons. The second kappa shape index (κ2) is 4.76. The Morgan fingerprint density at radius 1 is 1.24 bits per heavy atom. The predicted octanol–water partition coefficient (Wildman–Crippen LogP) is 1.41. The Balaban J connectivity index is 1.75. The van der Waals surface area contributed by atoms with Crippen molar-refractivity contribution in [1.29, 1.82) is 0 Å². The zero-order valence-corrected chi connectivity index (χ0v) is 10.4. The molecule has 17 heavy (non-hydrogen) atoms. The van der Waals surface area contributed by atoms with Crippen LogP contribution in [0.3, 0.4) is 0 Å². The first-order valence-corrected chi connectivity index (χ1v) is 7.22. The van der Waals surface area contributed by atoms with Gasteiger partial charge in [-0.15, -0.1) is 0 Å². The molecule has 0 unspecified atom stereocenters. The third-order valence-corrected chi connectivity index (χ3v) is 5.04. The number of hydrogen-bond acceptors (Lipinski definition) is 3. The number of sulfonamides is 1. The largest absolute Gasteiger partial charge is 0.377 e. The molecule has 0 aliphatic heterocycles. The summed E-state index contributed by atoms with van der Waals surface area (Å²) in [7, 11) is -3.42. The Morgan fingerprint density at radius 3 is 2.41 bits per heavy atom. The highest BCUT2D eigenvalue weighted by atomic mass is 32.2. The molecule has 0 atom stereocenters. The average Bonchev–Trinajstić information content (AvgIpc) is 3.06. The molecule has 0 spiro atoms. The van der Waals surface area contributed by atoms with Crippen LogP contribution in [0, 0.1) is 0 Å². The fourth-order valence-corrected chi connectivity index (χ4v) is 2.88. The van der Waals surface area contributed by atoms with Crippen molar-refractivity contribution >= 4 is 10.0 Å². The molecule has 0 saturated heterocycles. The zero-order valence-electron chi connectivity index (χ0n) is 9.63. The van der Waals surface area contributed by atoms with E-state index in [9.17, 15) is 8.42 Å². The summed E-state index contributed by atoms with van der Waals surface area (Å²) in [6.45, 7) is 0.951. The fourth-order valence-electron chi connectivity index (χ4n) is 1.84. The summed E-state index contributed by atoms with van der Waals surface area (Å²) in [5, 5.41) is 5.19. The molecule has 1 fully saturated rings. The quantitative estimate of drug-likeness (QED) is 0.781. The fraction of sp³-hybridized carbons (Fsp3) is 0.500. The molecule has 1 saturated carbocycles. The summed E-state index contributed by atoms with van der Waals surface area (Å²) < 4.78 is 27.4. The molecule has 2 rings (SSSR count). The van der Waals surface area contributed by atoms with Gasteiger partial charge in [-0.3, -0.25) is 0 Å². The van der Waals surface area contributed by atoms with E-state index in [0.717, 1.165) is 5.56 Å². The van der Waals surface area contributed by atoms with Gasteiger partial charge in [0.05, 0.1) is 11.4 Å². The number of ether oxygens (including phenoxy) is 1. The van der Waals surface area contributed by atoms with Crippen LogP contribution in [-0.4, -0.2) is 19.8 Å². The van der Waals surface area contributed by atoms with Gasteiger partial charge in [0.2, 0.25) is 10.0 Å². The van der Waals surface area contributed by atoms with Crippen molar-refractivity contribution < 1.29 is 13.2 Å². The highest BCUT2D eigenvalue weighted by Crippen LogP contribution is 2.45. The number of primary sulfonamides is 1. The summed E-state index contributed by atoms with van der Waals surface area (Å²) >= 11 is 0. The van der Waals surface area contributed by atoms with Crippen LogP contribution in [0.15, 0.2) is 30.3 Å². The molecule has 0 radical (unpaired) electrons.